The van der Waals surface area contributed by atoms with Crippen LogP contribution in [0.5, 0.6) is 0 Å². The average Bonchev–Trinajstić information content (AvgIpc) is 3.80. The summed E-state index contributed by atoms with van der Waals surface area (Å²) in [5.41, 5.74) is 6.16. The van der Waals surface area contributed by atoms with E-state index in [4.69, 9.17) is 6.57 Å². The molecule has 0 amide bonds. The minimum absolute atomic E-state index is 0.00609. The molecule has 0 aliphatic rings. The summed E-state index contributed by atoms with van der Waals surface area (Å²) >= 11 is 0. The SMILES string of the molecule is [C-]#[N+]c1ccc(C(F)(F)F)c(-c2cccc(-c3ccc4c5c(-c6ccccc6)c6c(cc7c8ccccc8c8cccc6c87)c(-c6ccccc6)c5c5cccc3c54)c2)c1. The molecule has 12 aromatic carbocycles. The molecule has 0 saturated heterocycles. The predicted octanol–water partition coefficient (Wildman–Crippen LogP) is 16.9. The van der Waals surface area contributed by atoms with E-state index < -0.39 is 11.7 Å². The highest BCUT2D eigenvalue weighted by Gasteiger charge is 2.34. The third-order valence-electron chi connectivity index (χ3n) is 12.6. The van der Waals surface area contributed by atoms with Crippen molar-refractivity contribution in [1.29, 1.82) is 0 Å². The molecule has 0 spiro atoms. The first kappa shape index (κ1) is 34.3. The topological polar surface area (TPSA) is 4.36 Å². The van der Waals surface area contributed by atoms with Gasteiger partial charge in [-0.2, -0.15) is 13.2 Å². The molecule has 0 fully saturated rings. The summed E-state index contributed by atoms with van der Waals surface area (Å²) < 4.78 is 43.1. The van der Waals surface area contributed by atoms with Gasteiger partial charge in [0.25, 0.3) is 0 Å². The Morgan fingerprint density at radius 1 is 0.333 bits per heavy atom. The van der Waals surface area contributed by atoms with Crippen molar-refractivity contribution in [2.24, 2.45) is 0 Å². The standard InChI is InChI=1S/C56H30F3N/c1-60-36-25-28-48(56(57,58)59)45(30-36)35-18-10-17-34(29-35)37-26-27-44-51-40(37)21-11-24-43(51)54-49(32-13-4-2-5-14-32)47-31-46-39-20-9-8-19-38(39)41-22-12-23-42(52(41)46)53(47)50(55(44)54)33-15-6-3-7-16-33/h2-31H. The van der Waals surface area contributed by atoms with Crippen LogP contribution in [0.4, 0.5) is 18.9 Å². The van der Waals surface area contributed by atoms with Gasteiger partial charge in [-0.25, -0.2) is 4.85 Å². The Balaban J connectivity index is 1.25. The summed E-state index contributed by atoms with van der Waals surface area (Å²) in [6.07, 6.45) is -4.58. The van der Waals surface area contributed by atoms with Crippen LogP contribution in [0.1, 0.15) is 5.56 Å². The Hall–Kier alpha value is -7.74. The zero-order valence-corrected chi connectivity index (χ0v) is 31.9. The first-order chi connectivity index (χ1) is 29.4. The fourth-order valence-electron chi connectivity index (χ4n) is 10.2. The smallest absolute Gasteiger partial charge is 0.238 e. The molecular weight excluding hydrogens is 744 g/mol. The number of benzene rings is 10. The zero-order valence-electron chi connectivity index (χ0n) is 31.9. The van der Waals surface area contributed by atoms with E-state index >= 15 is 0 Å². The molecular formula is C56H30F3N. The van der Waals surface area contributed by atoms with Crippen molar-refractivity contribution in [3.05, 3.63) is 199 Å². The molecule has 12 aromatic rings. The fraction of sp³-hybridized carbons (Fsp3) is 0.0179. The lowest BCUT2D eigenvalue weighted by atomic mass is 9.84. The highest BCUT2D eigenvalue weighted by molar-refractivity contribution is 6.45. The van der Waals surface area contributed by atoms with Crippen LogP contribution in [0.15, 0.2) is 182 Å². The Kier molecular flexibility index (Phi) is 7.22. The van der Waals surface area contributed by atoms with Crippen molar-refractivity contribution in [2.75, 3.05) is 0 Å². The second kappa shape index (κ2) is 12.6. The van der Waals surface area contributed by atoms with Crippen LogP contribution < -0.4 is 0 Å². The third-order valence-corrected chi connectivity index (χ3v) is 12.6. The maximum Gasteiger partial charge on any atom is 0.416 e. The quantitative estimate of drug-likeness (QED) is 0.124. The first-order valence-corrected chi connectivity index (χ1v) is 19.9. The van der Waals surface area contributed by atoms with E-state index in [0.717, 1.165) is 49.9 Å². The van der Waals surface area contributed by atoms with E-state index in [2.05, 4.69) is 144 Å². The Morgan fingerprint density at radius 2 is 0.850 bits per heavy atom. The molecule has 60 heavy (non-hydrogen) atoms. The van der Waals surface area contributed by atoms with E-state index in [0.29, 0.717) is 5.56 Å². The largest absolute Gasteiger partial charge is 0.416 e. The van der Waals surface area contributed by atoms with Crippen molar-refractivity contribution in [2.45, 2.75) is 6.18 Å². The normalized spacial score (nSPS) is 12.2. The highest BCUT2D eigenvalue weighted by Crippen LogP contribution is 2.55. The first-order valence-electron chi connectivity index (χ1n) is 19.9. The van der Waals surface area contributed by atoms with Gasteiger partial charge in [0.05, 0.1) is 12.1 Å². The lowest BCUT2D eigenvalue weighted by molar-refractivity contribution is -0.137. The summed E-state index contributed by atoms with van der Waals surface area (Å²) in [7, 11) is 0. The maximum atomic E-state index is 14.4. The van der Waals surface area contributed by atoms with Crippen LogP contribution in [0.25, 0.3) is 125 Å². The van der Waals surface area contributed by atoms with Crippen molar-refractivity contribution >= 4 is 81.1 Å². The molecule has 0 unspecified atom stereocenters. The number of halogens is 3. The molecule has 0 N–H and O–H groups in total. The van der Waals surface area contributed by atoms with Gasteiger partial charge in [-0.3, -0.25) is 0 Å². The van der Waals surface area contributed by atoms with Gasteiger partial charge in [0.15, 0.2) is 5.69 Å². The number of rotatable bonds is 4. The number of alkyl halides is 3. The number of hydrogen-bond donors (Lipinski definition) is 0. The van der Waals surface area contributed by atoms with Crippen LogP contribution in [0.2, 0.25) is 0 Å². The van der Waals surface area contributed by atoms with Gasteiger partial charge in [-0.05, 0) is 138 Å². The molecule has 0 bridgehead atoms. The molecule has 0 saturated carbocycles. The maximum absolute atomic E-state index is 14.4. The molecule has 0 atom stereocenters. The van der Waals surface area contributed by atoms with Gasteiger partial charge >= 0.3 is 6.18 Å². The van der Waals surface area contributed by atoms with E-state index in [1.54, 1.807) is 12.1 Å². The summed E-state index contributed by atoms with van der Waals surface area (Å²) in [6.45, 7) is 7.52. The Bertz CT molecular complexity index is 3750. The van der Waals surface area contributed by atoms with Gasteiger partial charge in [0.2, 0.25) is 0 Å². The number of hydrogen-bond acceptors (Lipinski definition) is 0. The van der Waals surface area contributed by atoms with Gasteiger partial charge < -0.3 is 0 Å². The second-order valence-electron chi connectivity index (χ2n) is 15.7. The van der Waals surface area contributed by atoms with Crippen LogP contribution in [-0.2, 0) is 6.18 Å². The lowest BCUT2D eigenvalue weighted by Crippen LogP contribution is -2.06. The van der Waals surface area contributed by atoms with E-state index in [-0.39, 0.29) is 11.3 Å². The Labute approximate surface area is 342 Å². The molecule has 0 heterocycles. The number of nitrogens with zero attached hydrogens (tertiary/aromatic N) is 1. The number of fused-ring (bicyclic) bond motifs is 8. The van der Waals surface area contributed by atoms with Gasteiger partial charge in [-0.15, -0.1) is 0 Å². The average molecular weight is 774 g/mol. The lowest BCUT2D eigenvalue weighted by Gasteiger charge is -2.19. The molecule has 0 aliphatic carbocycles. The Morgan fingerprint density at radius 3 is 1.55 bits per heavy atom. The third kappa shape index (κ3) is 4.81. The van der Waals surface area contributed by atoms with Crippen LogP contribution in [0, 0.1) is 6.57 Å². The van der Waals surface area contributed by atoms with Crippen LogP contribution in [0.3, 0.4) is 0 Å². The molecule has 0 aliphatic heterocycles. The molecule has 0 aromatic heterocycles. The zero-order chi connectivity index (χ0) is 40.3. The summed E-state index contributed by atoms with van der Waals surface area (Å²) in [6, 6.07) is 61.0. The van der Waals surface area contributed by atoms with E-state index in [1.807, 2.05) is 12.1 Å². The van der Waals surface area contributed by atoms with E-state index in [1.165, 1.54) is 77.1 Å². The van der Waals surface area contributed by atoms with Crippen LogP contribution in [-0.4, -0.2) is 0 Å². The second-order valence-corrected chi connectivity index (χ2v) is 15.7. The summed E-state index contributed by atoms with van der Waals surface area (Å²) in [5, 5.41) is 16.6. The minimum atomic E-state index is -4.58. The van der Waals surface area contributed by atoms with Crippen molar-refractivity contribution in [3.8, 4) is 44.5 Å². The molecule has 280 valence electrons. The summed E-state index contributed by atoms with van der Waals surface area (Å²) in [5.74, 6) is 0. The molecule has 4 heteroatoms. The van der Waals surface area contributed by atoms with Crippen LogP contribution >= 0.6 is 0 Å². The summed E-state index contributed by atoms with van der Waals surface area (Å²) in [4.78, 5) is 3.45. The molecule has 0 radical (unpaired) electrons. The van der Waals surface area contributed by atoms with Crippen molar-refractivity contribution in [3.63, 3.8) is 0 Å². The van der Waals surface area contributed by atoms with Gasteiger partial charge in [0.1, 0.15) is 0 Å². The molecule has 1 nitrogen and oxygen atoms in total. The van der Waals surface area contributed by atoms with E-state index in [9.17, 15) is 13.2 Å². The predicted molar refractivity (Wildman–Crippen MR) is 244 cm³/mol. The minimum Gasteiger partial charge on any atom is -0.238 e. The molecule has 12 rings (SSSR count). The van der Waals surface area contributed by atoms with Gasteiger partial charge in [-0.1, -0.05) is 164 Å². The van der Waals surface area contributed by atoms with Crippen molar-refractivity contribution < 1.29 is 13.2 Å². The highest BCUT2D eigenvalue weighted by atomic mass is 19.4. The monoisotopic (exact) mass is 773 g/mol. The fourth-order valence-corrected chi connectivity index (χ4v) is 10.2. The van der Waals surface area contributed by atoms with Gasteiger partial charge in [0, 0.05) is 0 Å². The van der Waals surface area contributed by atoms with Crippen molar-refractivity contribution in [1.82, 2.24) is 0 Å².